The lowest BCUT2D eigenvalue weighted by Gasteiger charge is -2.06. The van der Waals surface area contributed by atoms with E-state index >= 15 is 0 Å². The third-order valence-corrected chi connectivity index (χ3v) is 3.06. The summed E-state index contributed by atoms with van der Waals surface area (Å²) >= 11 is 0. The smallest absolute Gasteiger partial charge is 0.193 e. The van der Waals surface area contributed by atoms with E-state index in [0.29, 0.717) is 12.5 Å². The second kappa shape index (κ2) is 8.60. The number of guanidine groups is 1. The van der Waals surface area contributed by atoms with E-state index in [4.69, 9.17) is 5.73 Å². The molecule has 0 aliphatic rings. The number of anilines is 1. The number of nitrogens with one attached hydrogen (secondary N) is 1. The second-order valence-electron chi connectivity index (χ2n) is 4.41. The van der Waals surface area contributed by atoms with E-state index in [1.807, 2.05) is 23.6 Å². The highest BCUT2D eigenvalue weighted by Crippen LogP contribution is 2.09. The molecule has 2 aromatic rings. The number of aromatic nitrogens is 3. The van der Waals surface area contributed by atoms with E-state index in [2.05, 4.69) is 39.6 Å². The van der Waals surface area contributed by atoms with Crippen LogP contribution in [0.5, 0.6) is 0 Å². The maximum atomic E-state index is 5.87. The first kappa shape index (κ1) is 17.4. The maximum absolute atomic E-state index is 5.87. The van der Waals surface area contributed by atoms with Gasteiger partial charge in [-0.3, -0.25) is 0 Å². The van der Waals surface area contributed by atoms with Gasteiger partial charge < -0.3 is 15.6 Å². The summed E-state index contributed by atoms with van der Waals surface area (Å²) in [5, 5.41) is 10.9. The Labute approximate surface area is 141 Å². The van der Waals surface area contributed by atoms with Crippen LogP contribution < -0.4 is 11.1 Å². The Morgan fingerprint density at radius 1 is 1.29 bits per heavy atom. The van der Waals surface area contributed by atoms with E-state index < -0.39 is 0 Å². The Balaban J connectivity index is 0.00000220. The fourth-order valence-corrected chi connectivity index (χ4v) is 1.83. The molecule has 0 aliphatic carbocycles. The van der Waals surface area contributed by atoms with Crippen molar-refractivity contribution >= 4 is 35.6 Å². The monoisotopic (exact) mass is 400 g/mol. The molecule has 114 valence electrons. The van der Waals surface area contributed by atoms with Crippen LogP contribution >= 0.6 is 24.0 Å². The summed E-state index contributed by atoms with van der Waals surface area (Å²) in [4.78, 5) is 4.27. The quantitative estimate of drug-likeness (QED) is 0.459. The Morgan fingerprint density at radius 3 is 2.62 bits per heavy atom. The van der Waals surface area contributed by atoms with E-state index in [1.54, 1.807) is 6.33 Å². The minimum Gasteiger partial charge on any atom is -0.370 e. The summed E-state index contributed by atoms with van der Waals surface area (Å²) in [6.07, 6.45) is 2.72. The van der Waals surface area contributed by atoms with Crippen molar-refractivity contribution in [1.82, 2.24) is 14.8 Å². The molecule has 0 saturated carbocycles. The number of hydrogen-bond acceptors (Lipinski definition) is 3. The van der Waals surface area contributed by atoms with E-state index in [-0.39, 0.29) is 24.0 Å². The molecule has 0 aliphatic heterocycles. The summed E-state index contributed by atoms with van der Waals surface area (Å²) < 4.78 is 1.94. The average molecular weight is 400 g/mol. The average Bonchev–Trinajstić information content (AvgIpc) is 2.93. The number of hydrogen-bond donors (Lipinski definition) is 2. The maximum Gasteiger partial charge on any atom is 0.193 e. The van der Waals surface area contributed by atoms with Crippen molar-refractivity contribution in [2.75, 3.05) is 5.32 Å². The van der Waals surface area contributed by atoms with Crippen molar-refractivity contribution in [3.63, 3.8) is 0 Å². The summed E-state index contributed by atoms with van der Waals surface area (Å²) in [6, 6.07) is 8.14. The van der Waals surface area contributed by atoms with Crippen LogP contribution in [0.15, 0.2) is 35.6 Å². The molecule has 0 saturated heterocycles. The van der Waals surface area contributed by atoms with Gasteiger partial charge in [-0.1, -0.05) is 19.1 Å². The van der Waals surface area contributed by atoms with Crippen LogP contribution in [0, 0.1) is 0 Å². The number of aryl methyl sites for hydroxylation is 2. The molecule has 0 amide bonds. The molecule has 3 N–H and O–H groups in total. The van der Waals surface area contributed by atoms with Gasteiger partial charge in [-0.05, 0) is 31.0 Å². The molecule has 1 aromatic carbocycles. The summed E-state index contributed by atoms with van der Waals surface area (Å²) in [5.41, 5.74) is 8.09. The Hall–Kier alpha value is -1.64. The highest BCUT2D eigenvalue weighted by Gasteiger charge is 2.01. The van der Waals surface area contributed by atoms with E-state index in [0.717, 1.165) is 24.5 Å². The Bertz CT molecular complexity index is 575. The van der Waals surface area contributed by atoms with Crippen LogP contribution in [0.1, 0.15) is 25.2 Å². The first-order chi connectivity index (χ1) is 9.72. The first-order valence-corrected chi connectivity index (χ1v) is 6.75. The lowest BCUT2D eigenvalue weighted by molar-refractivity contribution is 0.699. The SMILES string of the molecule is CCc1ccc(NC(N)=NCc2nncn2CC)cc1.I. The zero-order valence-electron chi connectivity index (χ0n) is 12.3. The number of halogens is 1. The van der Waals surface area contributed by atoms with Crippen molar-refractivity contribution in [3.05, 3.63) is 42.0 Å². The minimum absolute atomic E-state index is 0. The molecule has 1 aromatic heterocycles. The minimum atomic E-state index is 0. The Kier molecular flexibility index (Phi) is 7.13. The third-order valence-electron chi connectivity index (χ3n) is 3.06. The highest BCUT2D eigenvalue weighted by molar-refractivity contribution is 14.0. The van der Waals surface area contributed by atoms with Crippen LogP contribution in [-0.4, -0.2) is 20.7 Å². The van der Waals surface area contributed by atoms with Gasteiger partial charge in [0.2, 0.25) is 0 Å². The molecule has 0 spiro atoms. The molecule has 21 heavy (non-hydrogen) atoms. The molecule has 0 bridgehead atoms. The first-order valence-electron chi connectivity index (χ1n) is 6.75. The molecule has 0 fully saturated rings. The number of rotatable bonds is 5. The van der Waals surface area contributed by atoms with Gasteiger partial charge in [0, 0.05) is 12.2 Å². The zero-order chi connectivity index (χ0) is 14.4. The van der Waals surface area contributed by atoms with E-state index in [9.17, 15) is 0 Å². The molecule has 2 rings (SSSR count). The summed E-state index contributed by atoms with van der Waals surface area (Å²) in [5.74, 6) is 1.18. The molecule has 7 heteroatoms. The molecular weight excluding hydrogens is 379 g/mol. The van der Waals surface area contributed by atoms with Crippen molar-refractivity contribution in [2.45, 2.75) is 33.4 Å². The highest BCUT2D eigenvalue weighted by atomic mass is 127. The van der Waals surface area contributed by atoms with Gasteiger partial charge in [0.25, 0.3) is 0 Å². The van der Waals surface area contributed by atoms with Gasteiger partial charge >= 0.3 is 0 Å². The lowest BCUT2D eigenvalue weighted by Crippen LogP contribution is -2.22. The van der Waals surface area contributed by atoms with Crippen LogP contribution in [0.2, 0.25) is 0 Å². The lowest BCUT2D eigenvalue weighted by atomic mass is 10.1. The third kappa shape index (κ3) is 5.00. The number of benzene rings is 1. The Morgan fingerprint density at radius 2 is 2.00 bits per heavy atom. The standard InChI is InChI=1S/C14H20N6.HI/c1-3-11-5-7-12(8-6-11)18-14(15)16-9-13-19-17-10-20(13)4-2;/h5-8,10H,3-4,9H2,1-2H3,(H3,15,16,18);1H. The predicted octanol–water partition coefficient (Wildman–Crippen LogP) is 2.41. The summed E-state index contributed by atoms with van der Waals surface area (Å²) in [7, 11) is 0. The van der Waals surface area contributed by atoms with E-state index in [1.165, 1.54) is 5.56 Å². The molecule has 6 nitrogen and oxygen atoms in total. The van der Waals surface area contributed by atoms with Gasteiger partial charge in [0.1, 0.15) is 12.9 Å². The van der Waals surface area contributed by atoms with Crippen molar-refractivity contribution in [3.8, 4) is 0 Å². The molecular formula is C14H21IN6. The van der Waals surface area contributed by atoms with Gasteiger partial charge in [0.15, 0.2) is 11.8 Å². The molecule has 0 unspecified atom stereocenters. The fourth-order valence-electron chi connectivity index (χ4n) is 1.83. The van der Waals surface area contributed by atoms with Crippen molar-refractivity contribution in [1.29, 1.82) is 0 Å². The fraction of sp³-hybridized carbons (Fsp3) is 0.357. The van der Waals surface area contributed by atoms with Crippen LogP contribution in [-0.2, 0) is 19.5 Å². The number of nitrogens with zero attached hydrogens (tertiary/aromatic N) is 4. The van der Waals surface area contributed by atoms with Crippen LogP contribution in [0.3, 0.4) is 0 Å². The summed E-state index contributed by atoms with van der Waals surface area (Å²) in [6.45, 7) is 5.40. The molecule has 0 radical (unpaired) electrons. The van der Waals surface area contributed by atoms with Gasteiger partial charge in [0.05, 0.1) is 0 Å². The molecule has 0 atom stereocenters. The topological polar surface area (TPSA) is 81.1 Å². The normalized spacial score (nSPS) is 11.0. The van der Waals surface area contributed by atoms with Crippen LogP contribution in [0.25, 0.3) is 0 Å². The van der Waals surface area contributed by atoms with Crippen molar-refractivity contribution < 1.29 is 0 Å². The largest absolute Gasteiger partial charge is 0.370 e. The van der Waals surface area contributed by atoms with Gasteiger partial charge in [-0.15, -0.1) is 34.2 Å². The number of aliphatic imine (C=N–C) groups is 1. The second-order valence-corrected chi connectivity index (χ2v) is 4.41. The zero-order valence-corrected chi connectivity index (χ0v) is 14.6. The van der Waals surface area contributed by atoms with Crippen molar-refractivity contribution in [2.24, 2.45) is 10.7 Å². The number of nitrogens with two attached hydrogens (primary N) is 1. The van der Waals surface area contributed by atoms with Gasteiger partial charge in [-0.25, -0.2) is 4.99 Å². The van der Waals surface area contributed by atoms with Gasteiger partial charge in [-0.2, -0.15) is 0 Å². The van der Waals surface area contributed by atoms with Crippen LogP contribution in [0.4, 0.5) is 5.69 Å². The molecule has 1 heterocycles. The predicted molar refractivity (Wildman–Crippen MR) is 95.9 cm³/mol.